The number of alkyl halides is 1. The van der Waals surface area contributed by atoms with Crippen LogP contribution >= 0.6 is 22.9 Å². The SMILES string of the molecule is CCCC(CCl)CCc1ccsc1. The third-order valence-corrected chi connectivity index (χ3v) is 3.50. The Morgan fingerprint density at radius 1 is 1.46 bits per heavy atom. The molecule has 0 saturated heterocycles. The Kier molecular flexibility index (Phi) is 5.49. The van der Waals surface area contributed by atoms with E-state index < -0.39 is 0 Å². The van der Waals surface area contributed by atoms with Crippen LogP contribution in [0.2, 0.25) is 0 Å². The number of halogens is 1. The van der Waals surface area contributed by atoms with Gasteiger partial charge in [-0.15, -0.1) is 11.6 Å². The molecular weight excluding hydrogens is 200 g/mol. The van der Waals surface area contributed by atoms with Crippen LogP contribution in [-0.4, -0.2) is 5.88 Å². The second-order valence-electron chi connectivity index (χ2n) is 3.48. The average Bonchev–Trinajstić information content (AvgIpc) is 2.64. The third-order valence-electron chi connectivity index (χ3n) is 2.34. The molecule has 0 radical (unpaired) electrons. The van der Waals surface area contributed by atoms with Crippen LogP contribution in [0.5, 0.6) is 0 Å². The van der Waals surface area contributed by atoms with Gasteiger partial charge < -0.3 is 0 Å². The van der Waals surface area contributed by atoms with Crippen molar-refractivity contribution in [1.29, 1.82) is 0 Å². The van der Waals surface area contributed by atoms with Crippen molar-refractivity contribution in [3.05, 3.63) is 22.4 Å². The van der Waals surface area contributed by atoms with Crippen molar-refractivity contribution in [2.24, 2.45) is 5.92 Å². The molecule has 1 aromatic rings. The Labute approximate surface area is 89.9 Å². The van der Waals surface area contributed by atoms with Gasteiger partial charge in [0.15, 0.2) is 0 Å². The Balaban J connectivity index is 2.23. The number of thiophene rings is 1. The first-order chi connectivity index (χ1) is 6.36. The topological polar surface area (TPSA) is 0 Å². The molecule has 1 heterocycles. The molecule has 1 unspecified atom stereocenters. The molecule has 0 saturated carbocycles. The molecular formula is C11H17ClS. The van der Waals surface area contributed by atoms with E-state index >= 15 is 0 Å². The van der Waals surface area contributed by atoms with Crippen LogP contribution in [0.15, 0.2) is 16.8 Å². The second kappa shape index (κ2) is 6.44. The molecule has 74 valence electrons. The maximum absolute atomic E-state index is 5.89. The molecule has 13 heavy (non-hydrogen) atoms. The highest BCUT2D eigenvalue weighted by Gasteiger charge is 2.06. The highest BCUT2D eigenvalue weighted by Crippen LogP contribution is 2.17. The largest absolute Gasteiger partial charge is 0.152 e. The smallest absolute Gasteiger partial charge is 0.0251 e. The van der Waals surface area contributed by atoms with E-state index in [4.69, 9.17) is 11.6 Å². The summed E-state index contributed by atoms with van der Waals surface area (Å²) < 4.78 is 0. The molecule has 1 atom stereocenters. The summed E-state index contributed by atoms with van der Waals surface area (Å²) in [7, 11) is 0. The summed E-state index contributed by atoms with van der Waals surface area (Å²) in [5, 5.41) is 4.38. The van der Waals surface area contributed by atoms with Gasteiger partial charge in [0.05, 0.1) is 0 Å². The van der Waals surface area contributed by atoms with E-state index in [1.807, 2.05) is 0 Å². The van der Waals surface area contributed by atoms with Gasteiger partial charge in [0.1, 0.15) is 0 Å². The number of hydrogen-bond donors (Lipinski definition) is 0. The zero-order valence-corrected chi connectivity index (χ0v) is 9.70. The van der Waals surface area contributed by atoms with Crippen molar-refractivity contribution in [1.82, 2.24) is 0 Å². The fraction of sp³-hybridized carbons (Fsp3) is 0.636. The fourth-order valence-corrected chi connectivity index (χ4v) is 2.52. The highest BCUT2D eigenvalue weighted by molar-refractivity contribution is 7.07. The summed E-state index contributed by atoms with van der Waals surface area (Å²) in [5.41, 5.74) is 1.47. The Morgan fingerprint density at radius 3 is 2.85 bits per heavy atom. The van der Waals surface area contributed by atoms with E-state index in [2.05, 4.69) is 23.8 Å². The van der Waals surface area contributed by atoms with Crippen LogP contribution < -0.4 is 0 Å². The second-order valence-corrected chi connectivity index (χ2v) is 4.57. The van der Waals surface area contributed by atoms with Crippen molar-refractivity contribution in [2.75, 3.05) is 5.88 Å². The molecule has 0 bridgehead atoms. The molecule has 0 amide bonds. The van der Waals surface area contributed by atoms with E-state index in [-0.39, 0.29) is 0 Å². The molecule has 1 aromatic heterocycles. The van der Waals surface area contributed by atoms with Crippen molar-refractivity contribution < 1.29 is 0 Å². The summed E-state index contributed by atoms with van der Waals surface area (Å²) in [6.45, 7) is 2.23. The Morgan fingerprint density at radius 2 is 2.31 bits per heavy atom. The quantitative estimate of drug-likeness (QED) is 0.621. The maximum Gasteiger partial charge on any atom is 0.0251 e. The van der Waals surface area contributed by atoms with Gasteiger partial charge in [-0.25, -0.2) is 0 Å². The van der Waals surface area contributed by atoms with Crippen LogP contribution in [-0.2, 0) is 6.42 Å². The zero-order chi connectivity index (χ0) is 9.52. The summed E-state index contributed by atoms with van der Waals surface area (Å²) in [5.74, 6) is 1.53. The lowest BCUT2D eigenvalue weighted by Crippen LogP contribution is -2.03. The van der Waals surface area contributed by atoms with Gasteiger partial charge in [0.25, 0.3) is 0 Å². The summed E-state index contributed by atoms with van der Waals surface area (Å²) >= 11 is 7.67. The molecule has 2 heteroatoms. The van der Waals surface area contributed by atoms with Crippen LogP contribution in [0.3, 0.4) is 0 Å². The van der Waals surface area contributed by atoms with E-state index in [1.54, 1.807) is 11.3 Å². The van der Waals surface area contributed by atoms with Gasteiger partial charge in [-0.3, -0.25) is 0 Å². The molecule has 0 nitrogen and oxygen atoms in total. The van der Waals surface area contributed by atoms with Crippen molar-refractivity contribution in [3.8, 4) is 0 Å². The van der Waals surface area contributed by atoms with Gasteiger partial charge in [0, 0.05) is 5.88 Å². The van der Waals surface area contributed by atoms with Crippen LogP contribution in [0, 0.1) is 5.92 Å². The number of hydrogen-bond acceptors (Lipinski definition) is 1. The monoisotopic (exact) mass is 216 g/mol. The average molecular weight is 217 g/mol. The van der Waals surface area contributed by atoms with Gasteiger partial charge >= 0.3 is 0 Å². The van der Waals surface area contributed by atoms with Crippen LogP contribution in [0.4, 0.5) is 0 Å². The van der Waals surface area contributed by atoms with Crippen molar-refractivity contribution in [2.45, 2.75) is 32.6 Å². The van der Waals surface area contributed by atoms with E-state index in [0.29, 0.717) is 5.92 Å². The van der Waals surface area contributed by atoms with Gasteiger partial charge in [0.2, 0.25) is 0 Å². The minimum Gasteiger partial charge on any atom is -0.152 e. The standard InChI is InChI=1S/C11H17ClS/c1-2-3-10(8-12)4-5-11-6-7-13-9-11/h6-7,9-10H,2-5,8H2,1H3. The van der Waals surface area contributed by atoms with Crippen LogP contribution in [0.1, 0.15) is 31.7 Å². The highest BCUT2D eigenvalue weighted by atomic mass is 35.5. The number of rotatable bonds is 6. The van der Waals surface area contributed by atoms with E-state index in [9.17, 15) is 0 Å². The van der Waals surface area contributed by atoms with Crippen molar-refractivity contribution >= 4 is 22.9 Å². The first-order valence-electron chi connectivity index (χ1n) is 4.93. The molecule has 0 aromatic carbocycles. The first-order valence-corrected chi connectivity index (χ1v) is 6.41. The third kappa shape index (κ3) is 4.15. The predicted molar refractivity (Wildman–Crippen MR) is 61.8 cm³/mol. The summed E-state index contributed by atoms with van der Waals surface area (Å²) in [4.78, 5) is 0. The summed E-state index contributed by atoms with van der Waals surface area (Å²) in [6, 6.07) is 2.21. The molecule has 0 fully saturated rings. The zero-order valence-electron chi connectivity index (χ0n) is 8.13. The summed E-state index contributed by atoms with van der Waals surface area (Å²) in [6.07, 6.45) is 4.96. The molecule has 0 N–H and O–H groups in total. The number of aryl methyl sites for hydroxylation is 1. The first kappa shape index (κ1) is 11.1. The maximum atomic E-state index is 5.89. The molecule has 1 rings (SSSR count). The van der Waals surface area contributed by atoms with Gasteiger partial charge in [-0.1, -0.05) is 13.3 Å². The molecule has 0 aliphatic rings. The van der Waals surface area contributed by atoms with E-state index in [1.165, 1.54) is 31.2 Å². The lowest BCUT2D eigenvalue weighted by Gasteiger charge is -2.11. The van der Waals surface area contributed by atoms with E-state index in [0.717, 1.165) is 5.88 Å². The molecule has 0 spiro atoms. The lowest BCUT2D eigenvalue weighted by atomic mass is 9.98. The van der Waals surface area contributed by atoms with Crippen molar-refractivity contribution in [3.63, 3.8) is 0 Å². The molecule has 0 aliphatic heterocycles. The molecule has 0 aliphatic carbocycles. The Bertz CT molecular complexity index is 206. The van der Waals surface area contributed by atoms with Crippen LogP contribution in [0.25, 0.3) is 0 Å². The fourth-order valence-electron chi connectivity index (χ4n) is 1.51. The minimum atomic E-state index is 0.714. The Hall–Kier alpha value is -0.0100. The van der Waals surface area contributed by atoms with Gasteiger partial charge in [-0.2, -0.15) is 11.3 Å². The van der Waals surface area contributed by atoms with Gasteiger partial charge in [-0.05, 0) is 47.6 Å². The lowest BCUT2D eigenvalue weighted by molar-refractivity contribution is 0.492. The minimum absolute atomic E-state index is 0.714. The normalized spacial score (nSPS) is 13.1. The predicted octanol–water partition coefficient (Wildman–Crippen LogP) is 4.34.